The lowest BCUT2D eigenvalue weighted by atomic mass is 10.1. The lowest BCUT2D eigenvalue weighted by Gasteiger charge is -2.12. The minimum absolute atomic E-state index is 0.130. The van der Waals surface area contributed by atoms with E-state index in [1.807, 2.05) is 12.1 Å². The van der Waals surface area contributed by atoms with Crippen molar-refractivity contribution in [2.45, 2.75) is 58.5 Å². The van der Waals surface area contributed by atoms with E-state index < -0.39 is 0 Å². The van der Waals surface area contributed by atoms with Crippen LogP contribution in [-0.4, -0.2) is 27.8 Å². The molecule has 1 N–H and O–H groups in total. The molecule has 0 amide bonds. The Morgan fingerprint density at radius 3 is 2.77 bits per heavy atom. The van der Waals surface area contributed by atoms with E-state index in [1.165, 1.54) is 31.2 Å². The number of ether oxygens (including phenoxy) is 1. The summed E-state index contributed by atoms with van der Waals surface area (Å²) in [7, 11) is 0. The van der Waals surface area contributed by atoms with Crippen molar-refractivity contribution < 1.29 is 14.2 Å². The summed E-state index contributed by atoms with van der Waals surface area (Å²) >= 11 is 0. The Labute approximate surface area is 183 Å². The number of phenols is 1. The van der Waals surface area contributed by atoms with Gasteiger partial charge in [-0.3, -0.25) is 4.98 Å². The second-order valence-electron chi connectivity index (χ2n) is 7.89. The molecule has 3 rings (SSSR count). The van der Waals surface area contributed by atoms with Gasteiger partial charge < -0.3 is 9.84 Å². The Morgan fingerprint density at radius 2 is 1.97 bits per heavy atom. The molecule has 3 aromatic rings. The molecule has 1 aromatic heterocycles. The van der Waals surface area contributed by atoms with Gasteiger partial charge >= 0.3 is 0 Å². The minimum atomic E-state index is -0.330. The van der Waals surface area contributed by atoms with Crippen molar-refractivity contribution in [3.63, 3.8) is 0 Å². The van der Waals surface area contributed by atoms with Gasteiger partial charge in [-0.15, -0.1) is 0 Å². The van der Waals surface area contributed by atoms with Crippen LogP contribution in [0.4, 0.5) is 4.39 Å². The topological polar surface area (TPSA) is 55.2 Å². The molecule has 0 aliphatic carbocycles. The quantitative estimate of drug-likeness (QED) is 0.341. The van der Waals surface area contributed by atoms with Crippen LogP contribution < -0.4 is 0 Å². The van der Waals surface area contributed by atoms with E-state index in [2.05, 4.69) is 29.9 Å². The fourth-order valence-electron chi connectivity index (χ4n) is 3.43. The highest BCUT2D eigenvalue weighted by molar-refractivity contribution is 5.78. The molecule has 0 aliphatic rings. The number of aromatic nitrogens is 2. The van der Waals surface area contributed by atoms with Crippen LogP contribution in [0.1, 0.15) is 57.9 Å². The molecule has 0 radical (unpaired) electrons. The second kappa shape index (κ2) is 11.6. The van der Waals surface area contributed by atoms with Crippen LogP contribution in [0.3, 0.4) is 0 Å². The molecule has 1 atom stereocenters. The Bertz CT molecular complexity index is 1020. The first kappa shape index (κ1) is 22.9. The number of hydrogen-bond donors (Lipinski definition) is 1. The van der Waals surface area contributed by atoms with Gasteiger partial charge in [0.2, 0.25) is 0 Å². The molecule has 0 spiro atoms. The molecule has 5 heteroatoms. The normalized spacial score (nSPS) is 12.6. The van der Waals surface area contributed by atoms with E-state index in [4.69, 9.17) is 4.74 Å². The van der Waals surface area contributed by atoms with Crippen molar-refractivity contribution in [2.24, 2.45) is 0 Å². The zero-order valence-corrected chi connectivity index (χ0v) is 18.4. The molecule has 0 bridgehead atoms. The summed E-state index contributed by atoms with van der Waals surface area (Å²) in [4.78, 5) is 8.75. The van der Waals surface area contributed by atoms with Crippen LogP contribution in [0.2, 0.25) is 0 Å². The number of rotatable bonds is 11. The number of hydrogen-bond acceptors (Lipinski definition) is 4. The SMILES string of the molecule is CCCCCOC(C)CCCC=Cc1ccc(-c2cnc3cc(O)ccc3n2)c(F)c1. The fraction of sp³-hybridized carbons (Fsp3) is 0.385. The monoisotopic (exact) mass is 422 g/mol. The number of benzene rings is 2. The summed E-state index contributed by atoms with van der Waals surface area (Å²) in [5.74, 6) is -0.200. The lowest BCUT2D eigenvalue weighted by molar-refractivity contribution is 0.0566. The fourth-order valence-corrected chi connectivity index (χ4v) is 3.43. The average molecular weight is 423 g/mol. The largest absolute Gasteiger partial charge is 0.508 e. The van der Waals surface area contributed by atoms with Crippen LogP contribution >= 0.6 is 0 Å². The predicted octanol–water partition coefficient (Wildman–Crippen LogP) is 6.92. The molecule has 31 heavy (non-hydrogen) atoms. The maximum absolute atomic E-state index is 14.7. The van der Waals surface area contributed by atoms with Crippen molar-refractivity contribution in [3.8, 4) is 17.0 Å². The number of aromatic hydroxyl groups is 1. The molecule has 1 unspecified atom stereocenters. The molecule has 1 heterocycles. The first-order chi connectivity index (χ1) is 15.1. The Morgan fingerprint density at radius 1 is 1.10 bits per heavy atom. The predicted molar refractivity (Wildman–Crippen MR) is 124 cm³/mol. The summed E-state index contributed by atoms with van der Waals surface area (Å²) in [6.07, 6.45) is 12.4. The smallest absolute Gasteiger partial charge is 0.133 e. The lowest BCUT2D eigenvalue weighted by Crippen LogP contribution is -2.08. The molecule has 0 saturated carbocycles. The number of fused-ring (bicyclic) bond motifs is 1. The maximum Gasteiger partial charge on any atom is 0.133 e. The number of allylic oxidation sites excluding steroid dienone is 1. The third kappa shape index (κ3) is 6.86. The Hall–Kier alpha value is -2.79. The van der Waals surface area contributed by atoms with E-state index in [0.717, 1.165) is 37.9 Å². The van der Waals surface area contributed by atoms with Crippen molar-refractivity contribution in [1.29, 1.82) is 0 Å². The highest BCUT2D eigenvalue weighted by Gasteiger charge is 2.09. The van der Waals surface area contributed by atoms with E-state index >= 15 is 0 Å². The van der Waals surface area contributed by atoms with Gasteiger partial charge in [0.05, 0.1) is 29.0 Å². The first-order valence-corrected chi connectivity index (χ1v) is 11.1. The Balaban J connectivity index is 1.53. The standard InChI is InChI=1S/C26H31FN2O2/c1-3-4-8-15-31-19(2)9-6-5-7-10-20-11-13-22(23(27)16-20)26-18-28-25-17-21(30)12-14-24(25)29-26/h7,10-14,16-19,30H,3-6,8-9,15H2,1-2H3. The molecule has 0 aliphatic heterocycles. The second-order valence-corrected chi connectivity index (χ2v) is 7.89. The summed E-state index contributed by atoms with van der Waals surface area (Å²) in [6, 6.07) is 9.90. The maximum atomic E-state index is 14.7. The van der Waals surface area contributed by atoms with Gasteiger partial charge in [-0.1, -0.05) is 38.0 Å². The summed E-state index contributed by atoms with van der Waals surface area (Å²) < 4.78 is 20.5. The Kier molecular flexibility index (Phi) is 8.53. The number of nitrogens with zero attached hydrogens (tertiary/aromatic N) is 2. The van der Waals surface area contributed by atoms with Gasteiger partial charge in [0.15, 0.2) is 0 Å². The van der Waals surface area contributed by atoms with Crippen molar-refractivity contribution in [3.05, 3.63) is 60.1 Å². The van der Waals surface area contributed by atoms with Crippen LogP contribution in [-0.2, 0) is 4.74 Å². The zero-order valence-electron chi connectivity index (χ0n) is 18.4. The number of unbranched alkanes of at least 4 members (excludes halogenated alkanes) is 3. The number of halogens is 1. The molecule has 2 aromatic carbocycles. The van der Waals surface area contributed by atoms with Crippen LogP contribution in [0.15, 0.2) is 48.7 Å². The van der Waals surface area contributed by atoms with E-state index in [-0.39, 0.29) is 17.7 Å². The van der Waals surface area contributed by atoms with E-state index in [1.54, 1.807) is 18.2 Å². The third-order valence-corrected chi connectivity index (χ3v) is 5.24. The van der Waals surface area contributed by atoms with Crippen molar-refractivity contribution in [2.75, 3.05) is 6.61 Å². The highest BCUT2D eigenvalue weighted by atomic mass is 19.1. The summed E-state index contributed by atoms with van der Waals surface area (Å²) in [5, 5.41) is 9.53. The summed E-state index contributed by atoms with van der Waals surface area (Å²) in [6.45, 7) is 5.17. The third-order valence-electron chi connectivity index (χ3n) is 5.24. The van der Waals surface area contributed by atoms with Crippen LogP contribution in [0.25, 0.3) is 28.4 Å². The van der Waals surface area contributed by atoms with Gasteiger partial charge in [0.25, 0.3) is 0 Å². The molecule has 0 fully saturated rings. The van der Waals surface area contributed by atoms with Gasteiger partial charge in [-0.05, 0) is 62.4 Å². The summed E-state index contributed by atoms with van der Waals surface area (Å²) in [5.41, 5.74) is 2.89. The highest BCUT2D eigenvalue weighted by Crippen LogP contribution is 2.25. The first-order valence-electron chi connectivity index (χ1n) is 11.1. The minimum Gasteiger partial charge on any atom is -0.508 e. The van der Waals surface area contributed by atoms with Crippen LogP contribution in [0.5, 0.6) is 5.75 Å². The number of phenolic OH excluding ortho intramolecular Hbond substituents is 1. The molecule has 0 saturated heterocycles. The molecular weight excluding hydrogens is 391 g/mol. The van der Waals surface area contributed by atoms with Crippen LogP contribution in [0, 0.1) is 5.82 Å². The van der Waals surface area contributed by atoms with Crippen molar-refractivity contribution in [1.82, 2.24) is 9.97 Å². The molecular formula is C26H31FN2O2. The van der Waals surface area contributed by atoms with Gasteiger partial charge in [0.1, 0.15) is 11.6 Å². The average Bonchev–Trinajstić information content (AvgIpc) is 2.76. The van der Waals surface area contributed by atoms with Gasteiger partial charge in [-0.2, -0.15) is 0 Å². The van der Waals surface area contributed by atoms with Gasteiger partial charge in [-0.25, -0.2) is 9.37 Å². The van der Waals surface area contributed by atoms with Gasteiger partial charge in [0, 0.05) is 18.2 Å². The zero-order chi connectivity index (χ0) is 22.1. The molecule has 164 valence electrons. The van der Waals surface area contributed by atoms with E-state index in [0.29, 0.717) is 22.3 Å². The van der Waals surface area contributed by atoms with E-state index in [9.17, 15) is 9.50 Å². The van der Waals surface area contributed by atoms with Crippen molar-refractivity contribution >= 4 is 17.1 Å². The molecule has 4 nitrogen and oxygen atoms in total.